The largest absolute Gasteiger partial charge is 0.445 e. The van der Waals surface area contributed by atoms with Crippen molar-refractivity contribution >= 4 is 5.78 Å². The Labute approximate surface area is 112 Å². The van der Waals surface area contributed by atoms with E-state index in [1.165, 1.54) is 0 Å². The van der Waals surface area contributed by atoms with Gasteiger partial charge in [-0.3, -0.25) is 4.79 Å². The number of aryl methyl sites for hydroxylation is 1. The molecular formula is C14H19NO4. The summed E-state index contributed by atoms with van der Waals surface area (Å²) >= 11 is 0. The third-order valence-corrected chi connectivity index (χ3v) is 4.22. The van der Waals surface area contributed by atoms with E-state index in [1.807, 2.05) is 6.92 Å². The molecule has 1 aliphatic heterocycles. The van der Waals surface area contributed by atoms with E-state index in [2.05, 4.69) is 4.98 Å². The number of carbonyl (C=O) groups is 1. The molecule has 1 fully saturated rings. The Hall–Kier alpha value is -1.20. The fourth-order valence-corrected chi connectivity index (χ4v) is 3.12. The Kier molecular flexibility index (Phi) is 3.19. The van der Waals surface area contributed by atoms with Gasteiger partial charge in [0, 0.05) is 32.5 Å². The van der Waals surface area contributed by atoms with Crippen molar-refractivity contribution in [2.75, 3.05) is 13.2 Å². The van der Waals surface area contributed by atoms with Gasteiger partial charge in [-0.2, -0.15) is 0 Å². The molecule has 104 valence electrons. The Morgan fingerprint density at radius 2 is 2.11 bits per heavy atom. The van der Waals surface area contributed by atoms with Gasteiger partial charge in [0.1, 0.15) is 11.5 Å². The van der Waals surface area contributed by atoms with Crippen molar-refractivity contribution in [1.82, 2.24) is 4.98 Å². The van der Waals surface area contributed by atoms with Crippen LogP contribution in [0.4, 0.5) is 0 Å². The monoisotopic (exact) mass is 265 g/mol. The standard InChI is InChI=1S/C14H19NO4/c1-2-12-15-13-10(16)7-14(17,8-11(13)19-12)9-3-5-18-6-4-9/h9,17H,2-8H2,1H3. The number of Topliss-reactive ketones (excluding diaryl/α,β-unsaturated/α-hetero) is 1. The molecule has 1 N–H and O–H groups in total. The number of hydrogen-bond donors (Lipinski definition) is 1. The van der Waals surface area contributed by atoms with Gasteiger partial charge in [-0.05, 0) is 18.8 Å². The van der Waals surface area contributed by atoms with Crippen LogP contribution in [0.1, 0.15) is 48.3 Å². The average molecular weight is 265 g/mol. The highest BCUT2D eigenvalue weighted by atomic mass is 16.5. The number of aliphatic hydroxyl groups is 1. The van der Waals surface area contributed by atoms with E-state index in [4.69, 9.17) is 9.15 Å². The molecule has 2 aliphatic rings. The topological polar surface area (TPSA) is 72.6 Å². The molecule has 5 heteroatoms. The second kappa shape index (κ2) is 4.72. The fourth-order valence-electron chi connectivity index (χ4n) is 3.12. The molecule has 1 aromatic rings. The summed E-state index contributed by atoms with van der Waals surface area (Å²) in [5, 5.41) is 10.8. The molecule has 1 saturated heterocycles. The van der Waals surface area contributed by atoms with Crippen molar-refractivity contribution < 1.29 is 19.1 Å². The summed E-state index contributed by atoms with van der Waals surface area (Å²) in [5.74, 6) is 1.14. The third-order valence-electron chi connectivity index (χ3n) is 4.22. The molecule has 0 saturated carbocycles. The van der Waals surface area contributed by atoms with Crippen LogP contribution in [0, 0.1) is 5.92 Å². The van der Waals surface area contributed by atoms with E-state index in [-0.39, 0.29) is 18.1 Å². The van der Waals surface area contributed by atoms with Crippen molar-refractivity contribution in [3.05, 3.63) is 17.3 Å². The van der Waals surface area contributed by atoms with E-state index in [0.29, 0.717) is 43.4 Å². The summed E-state index contributed by atoms with van der Waals surface area (Å²) < 4.78 is 10.9. The van der Waals surface area contributed by atoms with Gasteiger partial charge < -0.3 is 14.3 Å². The number of aromatic nitrogens is 1. The molecule has 0 spiro atoms. The van der Waals surface area contributed by atoms with E-state index in [0.717, 1.165) is 12.8 Å². The average Bonchev–Trinajstić information content (AvgIpc) is 2.83. The first-order valence-electron chi connectivity index (χ1n) is 6.94. The number of fused-ring (bicyclic) bond motifs is 1. The van der Waals surface area contributed by atoms with E-state index < -0.39 is 5.60 Å². The molecule has 0 bridgehead atoms. The number of hydrogen-bond acceptors (Lipinski definition) is 5. The molecule has 0 radical (unpaired) electrons. The summed E-state index contributed by atoms with van der Waals surface area (Å²) in [6.45, 7) is 3.25. The Morgan fingerprint density at radius 1 is 1.37 bits per heavy atom. The second-order valence-corrected chi connectivity index (χ2v) is 5.50. The second-order valence-electron chi connectivity index (χ2n) is 5.50. The lowest BCUT2D eigenvalue weighted by Crippen LogP contribution is -2.47. The van der Waals surface area contributed by atoms with Gasteiger partial charge in [-0.1, -0.05) is 6.92 Å². The predicted molar refractivity (Wildman–Crippen MR) is 67.0 cm³/mol. The zero-order chi connectivity index (χ0) is 13.5. The minimum atomic E-state index is -0.988. The molecule has 1 aliphatic carbocycles. The molecule has 2 heterocycles. The minimum Gasteiger partial charge on any atom is -0.445 e. The van der Waals surface area contributed by atoms with Crippen LogP contribution < -0.4 is 0 Å². The van der Waals surface area contributed by atoms with Gasteiger partial charge >= 0.3 is 0 Å². The number of ketones is 1. The number of oxazole rings is 1. The maximum absolute atomic E-state index is 12.2. The highest BCUT2D eigenvalue weighted by Crippen LogP contribution is 2.38. The smallest absolute Gasteiger partial charge is 0.194 e. The van der Waals surface area contributed by atoms with E-state index >= 15 is 0 Å². The molecular weight excluding hydrogens is 246 g/mol. The van der Waals surface area contributed by atoms with Crippen LogP contribution >= 0.6 is 0 Å². The lowest BCUT2D eigenvalue weighted by Gasteiger charge is -2.39. The van der Waals surface area contributed by atoms with Crippen LogP contribution in [0.5, 0.6) is 0 Å². The summed E-state index contributed by atoms with van der Waals surface area (Å²) in [4.78, 5) is 16.4. The summed E-state index contributed by atoms with van der Waals surface area (Å²) in [5.41, 5.74) is -0.563. The maximum atomic E-state index is 12.2. The normalized spacial score (nSPS) is 28.4. The summed E-state index contributed by atoms with van der Waals surface area (Å²) in [6, 6.07) is 0. The molecule has 1 aromatic heterocycles. The first kappa shape index (κ1) is 12.8. The molecule has 0 aromatic carbocycles. The number of rotatable bonds is 2. The minimum absolute atomic E-state index is 0.0984. The zero-order valence-corrected chi connectivity index (χ0v) is 11.1. The van der Waals surface area contributed by atoms with Crippen molar-refractivity contribution in [2.45, 2.75) is 44.6 Å². The molecule has 1 atom stereocenters. The van der Waals surface area contributed by atoms with Gasteiger partial charge in [-0.25, -0.2) is 4.98 Å². The number of carbonyl (C=O) groups excluding carboxylic acids is 1. The highest BCUT2D eigenvalue weighted by Gasteiger charge is 2.45. The summed E-state index contributed by atoms with van der Waals surface area (Å²) in [6.07, 6.45) is 2.81. The van der Waals surface area contributed by atoms with Gasteiger partial charge in [0.2, 0.25) is 0 Å². The lowest BCUT2D eigenvalue weighted by atomic mass is 9.73. The Morgan fingerprint density at radius 3 is 2.79 bits per heavy atom. The van der Waals surface area contributed by atoms with Gasteiger partial charge in [0.25, 0.3) is 0 Å². The number of ether oxygens (including phenoxy) is 1. The maximum Gasteiger partial charge on any atom is 0.194 e. The SMILES string of the molecule is CCc1nc2c(o1)CC(O)(C1CCOCC1)CC2=O. The fraction of sp³-hybridized carbons (Fsp3) is 0.714. The van der Waals surface area contributed by atoms with Crippen molar-refractivity contribution in [3.8, 4) is 0 Å². The van der Waals surface area contributed by atoms with Crippen LogP contribution in [0.15, 0.2) is 4.42 Å². The highest BCUT2D eigenvalue weighted by molar-refractivity contribution is 5.97. The lowest BCUT2D eigenvalue weighted by molar-refractivity contribution is -0.0697. The molecule has 5 nitrogen and oxygen atoms in total. The van der Waals surface area contributed by atoms with Crippen molar-refractivity contribution in [3.63, 3.8) is 0 Å². The molecule has 3 rings (SSSR count). The van der Waals surface area contributed by atoms with E-state index in [1.54, 1.807) is 0 Å². The van der Waals surface area contributed by atoms with E-state index in [9.17, 15) is 9.90 Å². The molecule has 19 heavy (non-hydrogen) atoms. The first-order chi connectivity index (χ1) is 9.12. The van der Waals surface area contributed by atoms with Crippen molar-refractivity contribution in [2.24, 2.45) is 5.92 Å². The van der Waals surface area contributed by atoms with Gasteiger partial charge in [0.05, 0.1) is 5.60 Å². The zero-order valence-electron chi connectivity index (χ0n) is 11.1. The van der Waals surface area contributed by atoms with Gasteiger partial charge in [0.15, 0.2) is 11.7 Å². The molecule has 1 unspecified atom stereocenters. The third kappa shape index (κ3) is 2.21. The predicted octanol–water partition coefficient (Wildman–Crippen LogP) is 1.52. The molecule has 0 amide bonds. The van der Waals surface area contributed by atoms with Crippen LogP contribution in [-0.4, -0.2) is 34.7 Å². The van der Waals surface area contributed by atoms with Crippen LogP contribution in [0.25, 0.3) is 0 Å². The van der Waals surface area contributed by atoms with Crippen LogP contribution in [0.2, 0.25) is 0 Å². The van der Waals surface area contributed by atoms with Crippen LogP contribution in [-0.2, 0) is 17.6 Å². The summed E-state index contributed by atoms with van der Waals surface area (Å²) in [7, 11) is 0. The van der Waals surface area contributed by atoms with Gasteiger partial charge in [-0.15, -0.1) is 0 Å². The number of nitrogens with zero attached hydrogens (tertiary/aromatic N) is 1. The Bertz CT molecular complexity index is 490. The first-order valence-corrected chi connectivity index (χ1v) is 6.94. The Balaban J connectivity index is 1.88. The van der Waals surface area contributed by atoms with Crippen molar-refractivity contribution in [1.29, 1.82) is 0 Å². The quantitative estimate of drug-likeness (QED) is 0.877. The van der Waals surface area contributed by atoms with Crippen LogP contribution in [0.3, 0.4) is 0 Å².